The zero-order chi connectivity index (χ0) is 10.3. The second-order valence-electron chi connectivity index (χ2n) is 2.57. The lowest BCUT2D eigenvalue weighted by molar-refractivity contribution is -0.141. The summed E-state index contributed by atoms with van der Waals surface area (Å²) in [5.41, 5.74) is 0. The van der Waals surface area contributed by atoms with Gasteiger partial charge in [0.15, 0.2) is 0 Å². The van der Waals surface area contributed by atoms with Crippen LogP contribution in [0.15, 0.2) is 0 Å². The molecule has 0 aromatic heterocycles. The lowest BCUT2D eigenvalue weighted by atomic mass is 10.4. The fourth-order valence-corrected chi connectivity index (χ4v) is 1.19. The Bertz CT molecular complexity index is 184. The highest BCUT2D eigenvalue weighted by Gasteiger charge is 2.09. The Hall–Kier alpha value is -0.710. The summed E-state index contributed by atoms with van der Waals surface area (Å²) in [5.74, 6) is 0.206. The van der Waals surface area contributed by atoms with E-state index < -0.39 is 0 Å². The number of carbonyl (C=O) groups excluding carboxylic acids is 2. The third kappa shape index (κ3) is 5.52. The van der Waals surface area contributed by atoms with Crippen molar-refractivity contribution in [1.29, 1.82) is 0 Å². The van der Waals surface area contributed by atoms with Crippen molar-refractivity contribution in [3.63, 3.8) is 0 Å². The maximum Gasteiger partial charge on any atom is 0.307 e. The lowest BCUT2D eigenvalue weighted by Gasteiger charge is -2.15. The molecule has 0 aromatic rings. The van der Waals surface area contributed by atoms with Crippen LogP contribution in [0.3, 0.4) is 0 Å². The van der Waals surface area contributed by atoms with Gasteiger partial charge in [-0.2, -0.15) is 11.8 Å². The van der Waals surface area contributed by atoms with Crippen LogP contribution in [0.5, 0.6) is 0 Å². The topological polar surface area (TPSA) is 46.6 Å². The Morgan fingerprint density at radius 3 is 2.54 bits per heavy atom. The molecule has 13 heavy (non-hydrogen) atoms. The summed E-state index contributed by atoms with van der Waals surface area (Å²) in [5, 5.41) is 0. The standard InChI is InChI=1S/C8H15NO3S/c1-9(7(10)6-13-3)5-4-8(11)12-2/h4-6H2,1-3H3. The Morgan fingerprint density at radius 2 is 2.08 bits per heavy atom. The van der Waals surface area contributed by atoms with E-state index in [1.54, 1.807) is 7.05 Å². The Balaban J connectivity index is 3.67. The van der Waals surface area contributed by atoms with Crippen LogP contribution >= 0.6 is 11.8 Å². The van der Waals surface area contributed by atoms with E-state index in [9.17, 15) is 9.59 Å². The van der Waals surface area contributed by atoms with E-state index in [1.807, 2.05) is 6.26 Å². The molecule has 0 saturated carbocycles. The molecule has 0 aliphatic carbocycles. The van der Waals surface area contributed by atoms with Gasteiger partial charge >= 0.3 is 5.97 Å². The van der Waals surface area contributed by atoms with E-state index in [-0.39, 0.29) is 18.3 Å². The van der Waals surface area contributed by atoms with Crippen molar-refractivity contribution in [3.8, 4) is 0 Å². The van der Waals surface area contributed by atoms with Crippen molar-refractivity contribution < 1.29 is 14.3 Å². The highest BCUT2D eigenvalue weighted by molar-refractivity contribution is 7.99. The summed E-state index contributed by atoms with van der Waals surface area (Å²) in [7, 11) is 3.02. The second kappa shape index (κ2) is 6.77. The van der Waals surface area contributed by atoms with Crippen LogP contribution in [-0.2, 0) is 14.3 Å². The van der Waals surface area contributed by atoms with Crippen molar-refractivity contribution in [2.24, 2.45) is 0 Å². The van der Waals surface area contributed by atoms with E-state index in [4.69, 9.17) is 0 Å². The summed E-state index contributed by atoms with van der Waals surface area (Å²) in [4.78, 5) is 23.5. The van der Waals surface area contributed by atoms with Gasteiger partial charge in [0, 0.05) is 13.6 Å². The number of carbonyl (C=O) groups is 2. The minimum atomic E-state index is -0.288. The molecule has 0 fully saturated rings. The van der Waals surface area contributed by atoms with Gasteiger partial charge in [-0.3, -0.25) is 9.59 Å². The molecular weight excluding hydrogens is 190 g/mol. The predicted octanol–water partition coefficient (Wildman–Crippen LogP) is 0.371. The summed E-state index contributed by atoms with van der Waals surface area (Å²) in [6.45, 7) is 0.423. The highest BCUT2D eigenvalue weighted by atomic mass is 32.2. The largest absolute Gasteiger partial charge is 0.469 e. The maximum absolute atomic E-state index is 11.2. The molecule has 0 radical (unpaired) electrons. The summed E-state index contributed by atoms with van der Waals surface area (Å²) < 4.78 is 4.46. The molecule has 5 heteroatoms. The van der Waals surface area contributed by atoms with Crippen molar-refractivity contribution in [2.75, 3.05) is 32.7 Å². The second-order valence-corrected chi connectivity index (χ2v) is 3.44. The SMILES string of the molecule is COC(=O)CCN(C)C(=O)CSC. The van der Waals surface area contributed by atoms with Gasteiger partial charge in [0.1, 0.15) is 0 Å². The molecule has 0 aliphatic heterocycles. The molecule has 1 amide bonds. The van der Waals surface area contributed by atoms with Crippen molar-refractivity contribution in [2.45, 2.75) is 6.42 Å². The van der Waals surface area contributed by atoms with Crippen LogP contribution in [-0.4, -0.2) is 49.5 Å². The Labute approximate surface area is 82.6 Å². The van der Waals surface area contributed by atoms with Crippen LogP contribution < -0.4 is 0 Å². The minimum absolute atomic E-state index is 0.0383. The molecule has 0 aliphatic rings. The summed E-state index contributed by atoms with van der Waals surface area (Å²) >= 11 is 1.47. The smallest absolute Gasteiger partial charge is 0.307 e. The van der Waals surface area contributed by atoms with Crippen molar-refractivity contribution in [3.05, 3.63) is 0 Å². The molecule has 0 N–H and O–H groups in total. The molecule has 0 unspecified atom stereocenters. The molecule has 0 atom stereocenters. The number of rotatable bonds is 5. The Morgan fingerprint density at radius 1 is 1.46 bits per heavy atom. The molecule has 4 nitrogen and oxygen atoms in total. The first-order valence-electron chi connectivity index (χ1n) is 3.91. The number of amides is 1. The number of ether oxygens (including phenoxy) is 1. The molecule has 0 rings (SSSR count). The van der Waals surface area contributed by atoms with Gasteiger partial charge in [0.05, 0.1) is 19.3 Å². The van der Waals surface area contributed by atoms with Crippen molar-refractivity contribution >= 4 is 23.6 Å². The number of nitrogens with zero attached hydrogens (tertiary/aromatic N) is 1. The highest BCUT2D eigenvalue weighted by Crippen LogP contribution is 1.97. The third-order valence-electron chi connectivity index (χ3n) is 1.57. The molecule has 0 spiro atoms. The zero-order valence-corrected chi connectivity index (χ0v) is 9.02. The van der Waals surface area contributed by atoms with Gasteiger partial charge in [-0.25, -0.2) is 0 Å². The first-order valence-corrected chi connectivity index (χ1v) is 5.31. The van der Waals surface area contributed by atoms with E-state index >= 15 is 0 Å². The van der Waals surface area contributed by atoms with Gasteiger partial charge in [-0.1, -0.05) is 0 Å². The quantitative estimate of drug-likeness (QED) is 0.608. The van der Waals surface area contributed by atoms with Gasteiger partial charge < -0.3 is 9.64 Å². The molecule has 0 saturated heterocycles. The third-order valence-corrected chi connectivity index (χ3v) is 2.11. The van der Waals surface area contributed by atoms with E-state index in [0.717, 1.165) is 0 Å². The fraction of sp³-hybridized carbons (Fsp3) is 0.750. The Kier molecular flexibility index (Phi) is 6.40. The number of hydrogen-bond donors (Lipinski definition) is 0. The molecule has 0 heterocycles. The van der Waals surface area contributed by atoms with E-state index in [1.165, 1.54) is 23.8 Å². The number of thioether (sulfide) groups is 1. The molecule has 0 aromatic carbocycles. The van der Waals surface area contributed by atoms with Crippen LogP contribution in [0.25, 0.3) is 0 Å². The summed E-state index contributed by atoms with van der Waals surface area (Å²) in [6.07, 6.45) is 2.12. The number of hydrogen-bond acceptors (Lipinski definition) is 4. The normalized spacial score (nSPS) is 9.46. The summed E-state index contributed by atoms with van der Waals surface area (Å²) in [6, 6.07) is 0. The van der Waals surface area contributed by atoms with Crippen LogP contribution in [0.2, 0.25) is 0 Å². The van der Waals surface area contributed by atoms with Crippen LogP contribution in [0, 0.1) is 0 Å². The van der Waals surface area contributed by atoms with Crippen molar-refractivity contribution in [1.82, 2.24) is 4.90 Å². The van der Waals surface area contributed by atoms with Crippen LogP contribution in [0.1, 0.15) is 6.42 Å². The first kappa shape index (κ1) is 12.3. The maximum atomic E-state index is 11.2. The number of methoxy groups -OCH3 is 1. The van der Waals surface area contributed by atoms with Gasteiger partial charge in [-0.05, 0) is 6.26 Å². The van der Waals surface area contributed by atoms with E-state index in [2.05, 4.69) is 4.74 Å². The average Bonchev–Trinajstić information content (AvgIpc) is 2.13. The van der Waals surface area contributed by atoms with E-state index in [0.29, 0.717) is 12.3 Å². The zero-order valence-electron chi connectivity index (χ0n) is 8.20. The van der Waals surface area contributed by atoms with Crippen LogP contribution in [0.4, 0.5) is 0 Å². The lowest BCUT2D eigenvalue weighted by Crippen LogP contribution is -2.30. The average molecular weight is 205 g/mol. The number of esters is 1. The minimum Gasteiger partial charge on any atom is -0.469 e. The monoisotopic (exact) mass is 205 g/mol. The predicted molar refractivity (Wildman–Crippen MR) is 52.7 cm³/mol. The first-order chi connectivity index (χ1) is 6.11. The molecular formula is C8H15NO3S. The molecule has 76 valence electrons. The fourth-order valence-electron chi connectivity index (χ4n) is 0.719. The van der Waals surface area contributed by atoms with Gasteiger partial charge in [-0.15, -0.1) is 0 Å². The van der Waals surface area contributed by atoms with Gasteiger partial charge in [0.2, 0.25) is 5.91 Å². The van der Waals surface area contributed by atoms with Gasteiger partial charge in [0.25, 0.3) is 0 Å². The molecule has 0 bridgehead atoms.